The molecule has 1 N–H and O–H groups in total. The van der Waals surface area contributed by atoms with Gasteiger partial charge in [0, 0.05) is 56.9 Å². The second-order valence-corrected chi connectivity index (χ2v) is 8.30. The number of thiazole rings is 1. The number of carbonyl (C=O) groups excluding carboxylic acids is 1. The Kier molecular flexibility index (Phi) is 6.14. The van der Waals surface area contributed by atoms with Crippen LogP contribution in [0.15, 0.2) is 18.6 Å². The Morgan fingerprint density at radius 1 is 1.40 bits per heavy atom. The highest BCUT2D eigenvalue weighted by Gasteiger charge is 2.22. The van der Waals surface area contributed by atoms with Gasteiger partial charge in [0.1, 0.15) is 5.52 Å². The number of fused-ring (bicyclic) bond motifs is 1. The average Bonchev–Trinajstić information content (AvgIpc) is 3.38. The van der Waals surface area contributed by atoms with Crippen LogP contribution in [-0.2, 0) is 11.8 Å². The average molecular weight is 431 g/mol. The normalized spacial score (nSPS) is 14.8. The van der Waals surface area contributed by atoms with Crippen LogP contribution in [0.2, 0.25) is 0 Å². The molecule has 0 bridgehead atoms. The molecule has 30 heavy (non-hydrogen) atoms. The molecule has 0 spiro atoms. The van der Waals surface area contributed by atoms with Gasteiger partial charge < -0.3 is 14.4 Å². The molecule has 0 aromatic carbocycles. The number of nitrogens with one attached hydrogen (secondary N) is 1. The fraction of sp³-hybridized carbons (Fsp3) is 0.500. The third-order valence-corrected chi connectivity index (χ3v) is 6.30. The van der Waals surface area contributed by atoms with Crippen LogP contribution in [0, 0.1) is 5.92 Å². The highest BCUT2D eigenvalue weighted by Crippen LogP contribution is 2.38. The van der Waals surface area contributed by atoms with Crippen LogP contribution in [0.25, 0.3) is 21.3 Å². The fourth-order valence-corrected chi connectivity index (χ4v) is 4.60. The van der Waals surface area contributed by atoms with Gasteiger partial charge in [0.15, 0.2) is 5.13 Å². The van der Waals surface area contributed by atoms with Gasteiger partial charge in [-0.1, -0.05) is 11.3 Å². The van der Waals surface area contributed by atoms with Crippen molar-refractivity contribution in [1.29, 1.82) is 0 Å². The maximum Gasteiger partial charge on any atom is 0.323 e. The Hall–Kier alpha value is -2.72. The maximum atomic E-state index is 12.9. The molecule has 0 atom stereocenters. The number of carbonyl (C=O) groups is 1. The molecule has 3 aromatic heterocycles. The molecule has 0 radical (unpaired) electrons. The van der Waals surface area contributed by atoms with E-state index in [1.54, 1.807) is 24.2 Å². The van der Waals surface area contributed by atoms with Crippen LogP contribution >= 0.6 is 11.3 Å². The third-order valence-electron chi connectivity index (χ3n) is 5.30. The van der Waals surface area contributed by atoms with Crippen molar-refractivity contribution in [2.24, 2.45) is 13.0 Å². The molecule has 0 saturated carbocycles. The van der Waals surface area contributed by atoms with Gasteiger partial charge in [-0.15, -0.1) is 0 Å². The predicted octanol–water partition coefficient (Wildman–Crippen LogP) is 3.38. The van der Waals surface area contributed by atoms with Crippen molar-refractivity contribution in [3.8, 4) is 17.0 Å². The van der Waals surface area contributed by atoms with E-state index in [4.69, 9.17) is 9.47 Å². The van der Waals surface area contributed by atoms with Gasteiger partial charge in [-0.25, -0.2) is 14.8 Å². The highest BCUT2D eigenvalue weighted by atomic mass is 32.1. The van der Waals surface area contributed by atoms with E-state index in [2.05, 4.69) is 20.4 Å². The zero-order valence-corrected chi connectivity index (χ0v) is 18.2. The van der Waals surface area contributed by atoms with Gasteiger partial charge in [-0.05, 0) is 25.7 Å². The minimum absolute atomic E-state index is 0.141. The second-order valence-electron chi connectivity index (χ2n) is 7.31. The third kappa shape index (κ3) is 4.24. The summed E-state index contributed by atoms with van der Waals surface area (Å²) in [4.78, 5) is 23.7. The van der Waals surface area contributed by atoms with E-state index in [0.717, 1.165) is 48.4 Å². The van der Waals surface area contributed by atoms with Crippen LogP contribution in [0.3, 0.4) is 0 Å². The van der Waals surface area contributed by atoms with E-state index >= 15 is 0 Å². The molecule has 0 unspecified atom stereocenters. The first-order chi connectivity index (χ1) is 14.6. The number of hydrogen-bond acceptors (Lipinski definition) is 7. The monoisotopic (exact) mass is 430 g/mol. The first-order valence-electron chi connectivity index (χ1n) is 10.0. The highest BCUT2D eigenvalue weighted by molar-refractivity contribution is 7.23. The quantitative estimate of drug-likeness (QED) is 0.644. The predicted molar refractivity (Wildman–Crippen MR) is 116 cm³/mol. The summed E-state index contributed by atoms with van der Waals surface area (Å²) in [5.74, 6) is 0.908. The maximum absolute atomic E-state index is 12.9. The molecule has 1 aliphatic rings. The number of anilines is 1. The Morgan fingerprint density at radius 2 is 2.20 bits per heavy atom. The number of rotatable bonds is 6. The number of aryl methyl sites for hydroxylation is 1. The smallest absolute Gasteiger partial charge is 0.323 e. The van der Waals surface area contributed by atoms with E-state index in [9.17, 15) is 4.79 Å². The van der Waals surface area contributed by atoms with Crippen molar-refractivity contribution in [3.05, 3.63) is 18.6 Å². The first-order valence-corrected chi connectivity index (χ1v) is 10.9. The summed E-state index contributed by atoms with van der Waals surface area (Å²) >= 11 is 1.41. The summed E-state index contributed by atoms with van der Waals surface area (Å²) in [5.41, 5.74) is 2.48. The molecule has 1 saturated heterocycles. The lowest BCUT2D eigenvalue weighted by Crippen LogP contribution is -2.39. The van der Waals surface area contributed by atoms with Crippen molar-refractivity contribution in [2.45, 2.75) is 19.8 Å². The minimum atomic E-state index is -0.141. The topological polar surface area (TPSA) is 94.4 Å². The van der Waals surface area contributed by atoms with Crippen molar-refractivity contribution < 1.29 is 14.3 Å². The van der Waals surface area contributed by atoms with E-state index < -0.39 is 0 Å². The molecule has 10 heteroatoms. The van der Waals surface area contributed by atoms with Crippen molar-refractivity contribution >= 4 is 32.7 Å². The lowest BCUT2D eigenvalue weighted by molar-refractivity contribution is 0.0576. The Bertz CT molecular complexity index is 1030. The minimum Gasteiger partial charge on any atom is -0.479 e. The van der Waals surface area contributed by atoms with Crippen LogP contribution in [-0.4, -0.2) is 64.1 Å². The van der Waals surface area contributed by atoms with Crippen LogP contribution in [0.1, 0.15) is 19.8 Å². The van der Waals surface area contributed by atoms with E-state index in [1.807, 2.05) is 25.1 Å². The summed E-state index contributed by atoms with van der Waals surface area (Å²) in [6.45, 7) is 4.89. The lowest BCUT2D eigenvalue weighted by Gasteiger charge is -2.28. The molecule has 9 nitrogen and oxygen atoms in total. The fourth-order valence-electron chi connectivity index (χ4n) is 3.63. The van der Waals surface area contributed by atoms with Crippen molar-refractivity contribution in [2.75, 3.05) is 38.7 Å². The van der Waals surface area contributed by atoms with Crippen LogP contribution in [0.5, 0.6) is 5.88 Å². The molecule has 3 aromatic rings. The van der Waals surface area contributed by atoms with Gasteiger partial charge in [-0.3, -0.25) is 10.00 Å². The Morgan fingerprint density at radius 3 is 2.87 bits per heavy atom. The number of amides is 2. The lowest BCUT2D eigenvalue weighted by atomic mass is 10.00. The molecule has 1 aliphatic heterocycles. The first kappa shape index (κ1) is 20.5. The van der Waals surface area contributed by atoms with E-state index in [1.165, 1.54) is 11.3 Å². The van der Waals surface area contributed by atoms with Crippen molar-refractivity contribution in [3.63, 3.8) is 0 Å². The molecular weight excluding hydrogens is 404 g/mol. The molecular formula is C20H26N6O3S. The summed E-state index contributed by atoms with van der Waals surface area (Å²) in [5, 5.41) is 7.73. The molecule has 4 rings (SSSR count). The number of ether oxygens (including phenoxy) is 2. The summed E-state index contributed by atoms with van der Waals surface area (Å²) in [6, 6.07) is -0.141. The van der Waals surface area contributed by atoms with Gasteiger partial charge >= 0.3 is 6.03 Å². The zero-order chi connectivity index (χ0) is 21.1. The summed E-state index contributed by atoms with van der Waals surface area (Å²) in [6.07, 6.45) is 7.44. The molecule has 1 fully saturated rings. The largest absolute Gasteiger partial charge is 0.479 e. The molecule has 0 aliphatic carbocycles. The van der Waals surface area contributed by atoms with Gasteiger partial charge in [0.25, 0.3) is 0 Å². The second kappa shape index (κ2) is 8.97. The van der Waals surface area contributed by atoms with Crippen LogP contribution < -0.4 is 10.1 Å². The zero-order valence-electron chi connectivity index (χ0n) is 17.4. The number of methoxy groups -OCH3 is 1. The van der Waals surface area contributed by atoms with Crippen LogP contribution in [0.4, 0.5) is 9.93 Å². The number of aromatic nitrogens is 4. The standard InChI is InChI=1S/C20H26N6O3S/c1-4-26(11-13-5-7-29-8-6-13)20(27)24-19-23-16-17(30-19)15(10-21-18(16)28-3)14-9-22-25(2)12-14/h9-10,12-13H,4-8,11H2,1-3H3,(H,23,24,27). The Balaban J connectivity index is 1.58. The summed E-state index contributed by atoms with van der Waals surface area (Å²) < 4.78 is 13.5. The number of pyridine rings is 1. The molecule has 4 heterocycles. The van der Waals surface area contributed by atoms with Crippen molar-refractivity contribution in [1.82, 2.24) is 24.6 Å². The van der Waals surface area contributed by atoms with Gasteiger partial charge in [0.05, 0.1) is 18.0 Å². The summed E-state index contributed by atoms with van der Waals surface area (Å²) in [7, 11) is 3.43. The van der Waals surface area contributed by atoms with Gasteiger partial charge in [-0.2, -0.15) is 5.10 Å². The number of hydrogen-bond donors (Lipinski definition) is 1. The number of urea groups is 1. The van der Waals surface area contributed by atoms with E-state index in [0.29, 0.717) is 29.0 Å². The number of nitrogens with zero attached hydrogens (tertiary/aromatic N) is 5. The Labute approximate surface area is 179 Å². The SMILES string of the molecule is CCN(CC1CCOCC1)C(=O)Nc1nc2c(OC)ncc(-c3cnn(C)c3)c2s1. The van der Waals surface area contributed by atoms with Gasteiger partial charge in [0.2, 0.25) is 5.88 Å². The molecule has 2 amide bonds. The molecule has 160 valence electrons. The van der Waals surface area contributed by atoms with E-state index in [-0.39, 0.29) is 6.03 Å².